The molecule has 17 nitrogen and oxygen atoms in total. The first-order valence-electron chi connectivity index (χ1n) is 19.9. The molecule has 332 valence electrons. The topological polar surface area (TPSA) is 227 Å². The molecule has 17 heteroatoms. The highest BCUT2D eigenvalue weighted by Crippen LogP contribution is 2.42. The van der Waals surface area contributed by atoms with Crippen molar-refractivity contribution in [2.45, 2.75) is 82.8 Å². The lowest BCUT2D eigenvalue weighted by Crippen LogP contribution is -2.59. The highest BCUT2D eigenvalue weighted by molar-refractivity contribution is 5.74. The molecule has 0 aromatic heterocycles. The van der Waals surface area contributed by atoms with Crippen molar-refractivity contribution in [1.82, 2.24) is 5.32 Å². The van der Waals surface area contributed by atoms with Gasteiger partial charge in [0.1, 0.15) is 48.6 Å². The second-order valence-electron chi connectivity index (χ2n) is 14.3. The zero-order valence-corrected chi connectivity index (χ0v) is 35.1. The van der Waals surface area contributed by atoms with Gasteiger partial charge in [-0.15, -0.1) is 0 Å². The predicted octanol–water partition coefficient (Wildman–Crippen LogP) is 3.93. The van der Waals surface area contributed by atoms with Crippen molar-refractivity contribution in [2.75, 3.05) is 47.2 Å². The van der Waals surface area contributed by atoms with Crippen molar-refractivity contribution in [2.24, 2.45) is 11.7 Å². The minimum absolute atomic E-state index is 0.124. The molecule has 4 rings (SSSR count). The Hall–Kier alpha value is -5.75. The normalized spacial score (nSPS) is 19.1. The molecule has 3 aromatic carbocycles. The molecule has 0 radical (unpaired) electrons. The number of hydrogen-bond acceptors (Lipinski definition) is 15. The van der Waals surface area contributed by atoms with Crippen LogP contribution in [-0.2, 0) is 57.9 Å². The van der Waals surface area contributed by atoms with Gasteiger partial charge in [0.05, 0.1) is 26.7 Å². The van der Waals surface area contributed by atoms with E-state index in [1.54, 1.807) is 14.2 Å². The van der Waals surface area contributed by atoms with E-state index in [0.717, 1.165) is 30.5 Å². The second kappa shape index (κ2) is 23.9. The van der Waals surface area contributed by atoms with Crippen molar-refractivity contribution >= 4 is 29.9 Å². The van der Waals surface area contributed by atoms with E-state index in [0.29, 0.717) is 30.8 Å². The number of ether oxygens (including phenoxy) is 9. The van der Waals surface area contributed by atoms with Gasteiger partial charge < -0.3 is 58.8 Å². The summed E-state index contributed by atoms with van der Waals surface area (Å²) in [5, 5.41) is 13.7. The molecule has 1 aliphatic rings. The Bertz CT molecular complexity index is 1810. The van der Waals surface area contributed by atoms with Crippen molar-refractivity contribution < 1.29 is 71.7 Å². The summed E-state index contributed by atoms with van der Waals surface area (Å²) in [5.41, 5.74) is 6.70. The number of primary amides is 1. The van der Waals surface area contributed by atoms with E-state index in [-0.39, 0.29) is 39.4 Å². The molecule has 1 heterocycles. The number of esters is 3. The van der Waals surface area contributed by atoms with E-state index in [4.69, 9.17) is 48.4 Å². The summed E-state index contributed by atoms with van der Waals surface area (Å²) in [6.07, 6.45) is -5.26. The number of amides is 2. The Labute approximate surface area is 355 Å². The summed E-state index contributed by atoms with van der Waals surface area (Å²) in [6.45, 7) is 3.00. The third-order valence-electron chi connectivity index (χ3n) is 9.71. The number of benzene rings is 3. The summed E-state index contributed by atoms with van der Waals surface area (Å²) < 4.78 is 50.8. The van der Waals surface area contributed by atoms with E-state index in [2.05, 4.69) is 5.32 Å². The molecule has 0 unspecified atom stereocenters. The smallest absolute Gasteiger partial charge is 0.407 e. The Morgan fingerprint density at radius 2 is 1.31 bits per heavy atom. The van der Waals surface area contributed by atoms with Gasteiger partial charge in [-0.3, -0.25) is 19.2 Å². The number of hydrogen-bond donors (Lipinski definition) is 3. The van der Waals surface area contributed by atoms with Gasteiger partial charge in [-0.2, -0.15) is 0 Å². The van der Waals surface area contributed by atoms with Gasteiger partial charge in [-0.05, 0) is 60.2 Å². The Kier molecular flexibility index (Phi) is 18.8. The van der Waals surface area contributed by atoms with Crippen LogP contribution in [0.3, 0.4) is 0 Å². The van der Waals surface area contributed by atoms with Crippen LogP contribution in [-0.4, -0.2) is 113 Å². The number of unbranched alkanes of at least 4 members (excludes halogenated alkanes) is 2. The maximum absolute atomic E-state index is 12.6. The van der Waals surface area contributed by atoms with Crippen LogP contribution in [0.15, 0.2) is 78.9 Å². The number of alkyl carbamates (subject to hydrolysis) is 1. The molecule has 1 fully saturated rings. The number of carbonyl (C=O) groups is 5. The minimum Gasteiger partial charge on any atom is -0.497 e. The molecule has 6 atom stereocenters. The molecule has 0 bridgehead atoms. The summed E-state index contributed by atoms with van der Waals surface area (Å²) in [7, 11) is 3.17. The highest BCUT2D eigenvalue weighted by atomic mass is 16.7. The van der Waals surface area contributed by atoms with Crippen molar-refractivity contribution in [1.29, 1.82) is 0 Å². The fourth-order valence-electron chi connectivity index (χ4n) is 6.94. The maximum atomic E-state index is 12.6. The van der Waals surface area contributed by atoms with Crippen LogP contribution in [0, 0.1) is 5.92 Å². The third-order valence-corrected chi connectivity index (χ3v) is 9.71. The number of carbonyl (C=O) groups excluding carboxylic acids is 5. The largest absolute Gasteiger partial charge is 0.497 e. The van der Waals surface area contributed by atoms with Gasteiger partial charge >= 0.3 is 24.0 Å². The van der Waals surface area contributed by atoms with Crippen molar-refractivity contribution in [3.8, 4) is 11.5 Å². The molecule has 4 N–H and O–H groups in total. The van der Waals surface area contributed by atoms with Crippen LogP contribution in [0.4, 0.5) is 4.79 Å². The van der Waals surface area contributed by atoms with Crippen LogP contribution < -0.4 is 20.5 Å². The monoisotopic (exact) mass is 852 g/mol. The Morgan fingerprint density at radius 3 is 1.85 bits per heavy atom. The van der Waals surface area contributed by atoms with Crippen LogP contribution in [0.25, 0.3) is 0 Å². The molecule has 0 spiro atoms. The van der Waals surface area contributed by atoms with Crippen molar-refractivity contribution in [3.05, 3.63) is 95.6 Å². The average Bonchev–Trinajstić information content (AvgIpc) is 3.24. The summed E-state index contributed by atoms with van der Waals surface area (Å²) in [6, 6.07) is 24.5. The molecular formula is C44H56N2O15. The van der Waals surface area contributed by atoms with Gasteiger partial charge in [0.25, 0.3) is 0 Å². The average molecular weight is 853 g/mol. The lowest BCUT2D eigenvalue weighted by molar-refractivity contribution is -0.291. The van der Waals surface area contributed by atoms with Gasteiger partial charge in [0, 0.05) is 40.3 Å². The van der Waals surface area contributed by atoms with Gasteiger partial charge in [0.15, 0.2) is 12.4 Å². The van der Waals surface area contributed by atoms with Gasteiger partial charge in [-0.1, -0.05) is 54.6 Å². The number of rotatable bonds is 23. The molecule has 0 aliphatic carbocycles. The lowest BCUT2D eigenvalue weighted by atomic mass is 9.80. The molecular weight excluding hydrogens is 796 g/mol. The Morgan fingerprint density at radius 1 is 0.738 bits per heavy atom. The number of methoxy groups -OCH3 is 2. The van der Waals surface area contributed by atoms with E-state index in [9.17, 15) is 29.1 Å². The predicted molar refractivity (Wildman–Crippen MR) is 217 cm³/mol. The van der Waals surface area contributed by atoms with Gasteiger partial charge in [-0.25, -0.2) is 4.79 Å². The minimum atomic E-state index is -1.22. The van der Waals surface area contributed by atoms with E-state index in [1.165, 1.54) is 6.92 Å². The molecule has 0 saturated carbocycles. The van der Waals surface area contributed by atoms with Crippen LogP contribution in [0.5, 0.6) is 11.5 Å². The lowest BCUT2D eigenvalue weighted by Gasteiger charge is -2.44. The fourth-order valence-corrected chi connectivity index (χ4v) is 6.94. The highest BCUT2D eigenvalue weighted by Gasteiger charge is 2.51. The first-order valence-corrected chi connectivity index (χ1v) is 19.9. The molecule has 1 saturated heterocycles. The maximum Gasteiger partial charge on any atom is 0.407 e. The quantitative estimate of drug-likeness (QED) is 0.0532. The Balaban J connectivity index is 1.30. The van der Waals surface area contributed by atoms with E-state index >= 15 is 0 Å². The number of nitrogens with one attached hydrogen (secondary N) is 1. The van der Waals surface area contributed by atoms with Crippen LogP contribution >= 0.6 is 0 Å². The van der Waals surface area contributed by atoms with E-state index < -0.39 is 72.1 Å². The molecule has 61 heavy (non-hydrogen) atoms. The molecule has 2 amide bonds. The zero-order chi connectivity index (χ0) is 44.4. The third kappa shape index (κ3) is 14.2. The molecule has 3 aromatic rings. The first kappa shape index (κ1) is 47.9. The number of aliphatic hydroxyl groups is 1. The van der Waals surface area contributed by atoms with Crippen LogP contribution in [0.1, 0.15) is 63.1 Å². The van der Waals surface area contributed by atoms with Crippen LogP contribution in [0.2, 0.25) is 0 Å². The molecule has 1 aliphatic heterocycles. The number of nitrogens with two attached hydrogens (primary N) is 1. The van der Waals surface area contributed by atoms with Gasteiger partial charge in [0.2, 0.25) is 5.91 Å². The van der Waals surface area contributed by atoms with E-state index in [1.807, 2.05) is 78.9 Å². The summed E-state index contributed by atoms with van der Waals surface area (Å²) in [4.78, 5) is 60.3. The zero-order valence-electron chi connectivity index (χ0n) is 35.1. The van der Waals surface area contributed by atoms with Crippen molar-refractivity contribution in [3.63, 3.8) is 0 Å². The standard InChI is InChI=1S/C44H56N2O15/c1-28(47)56-27-38-41(60-30(3)49)40(59-29(2)48)37(24-39(45)51)42(61-38)55-23-11-7-10-22-46-43(52)57-25-34(50)26-58-44(31-12-8-6-9-13-31,32-14-18-35(53-4)19-15-32)33-16-20-36(54-5)21-17-33/h6,8-9,12-21,34,37-38,40-42,50H,7,10-11,22-27H2,1-5H3,(H2,45,51)(H,46,52)/t34-,37+,38+,40+,41-,42+/m0/s1. The summed E-state index contributed by atoms with van der Waals surface area (Å²) in [5.74, 6) is -2.40. The fraction of sp³-hybridized carbons (Fsp3) is 0.477. The SMILES string of the molecule is COc1ccc(C(OC[C@@H](O)COC(=O)NCCCCCO[C@@H]2O[C@H](COC(C)=O)[C@H](OC(C)=O)[C@H](OC(C)=O)[C@H]2CC(N)=O)(c2ccccc2)c2ccc(OC)cc2)cc1. The second-order valence-corrected chi connectivity index (χ2v) is 14.3. The number of aliphatic hydroxyl groups excluding tert-OH is 1. The summed E-state index contributed by atoms with van der Waals surface area (Å²) >= 11 is 0. The first-order chi connectivity index (χ1) is 29.3.